The van der Waals surface area contributed by atoms with Crippen LogP contribution < -0.4 is 16.0 Å². The van der Waals surface area contributed by atoms with Crippen molar-refractivity contribution in [1.82, 2.24) is 16.0 Å². The Morgan fingerprint density at radius 2 is 1.71 bits per heavy atom. The van der Waals surface area contributed by atoms with E-state index in [0.717, 1.165) is 51.6 Å². The third kappa shape index (κ3) is 4.13. The molecule has 3 saturated carbocycles. The van der Waals surface area contributed by atoms with E-state index < -0.39 is 0 Å². The standard InChI is InChI=1S/C23H29BrFN3O2.ClH/c24-14-2-1-13(18(25)11-14)12-27-21(29)19-16-3-4-17(23(16)7-8-23)20(19)22(30)28-15-5-9-26-10-6-15;/h1-2,11,15-17,19-20,26H,3-10,12H2,(H,27,29)(H,28,30);1H/t16-,17+,19-,20+;/m0./s1. The zero-order chi connectivity index (χ0) is 20.9. The first kappa shape index (κ1) is 23.0. The molecule has 31 heavy (non-hydrogen) atoms. The van der Waals surface area contributed by atoms with Gasteiger partial charge in [-0.15, -0.1) is 12.4 Å². The fraction of sp³-hybridized carbons (Fsp3) is 0.652. The van der Waals surface area contributed by atoms with Crippen molar-refractivity contribution in [2.45, 2.75) is 51.1 Å². The molecule has 170 valence electrons. The molecule has 3 N–H and O–H groups in total. The molecule has 3 aliphatic carbocycles. The molecule has 2 amide bonds. The number of carbonyl (C=O) groups excluding carboxylic acids is 2. The first-order valence-electron chi connectivity index (χ1n) is 11.2. The highest BCUT2D eigenvalue weighted by Crippen LogP contribution is 2.74. The van der Waals surface area contributed by atoms with E-state index in [-0.39, 0.29) is 59.9 Å². The summed E-state index contributed by atoms with van der Waals surface area (Å²) in [6, 6.07) is 5.07. The summed E-state index contributed by atoms with van der Waals surface area (Å²) in [5.41, 5.74) is 0.674. The van der Waals surface area contributed by atoms with Crippen LogP contribution in [0.5, 0.6) is 0 Å². The quantitative estimate of drug-likeness (QED) is 0.563. The minimum Gasteiger partial charge on any atom is -0.353 e. The first-order valence-corrected chi connectivity index (χ1v) is 12.0. The van der Waals surface area contributed by atoms with Crippen LogP contribution in [0, 0.1) is 34.9 Å². The third-order valence-corrected chi connectivity index (χ3v) is 8.60. The average molecular weight is 515 g/mol. The van der Waals surface area contributed by atoms with Gasteiger partial charge in [-0.1, -0.05) is 22.0 Å². The lowest BCUT2D eigenvalue weighted by atomic mass is 9.78. The molecule has 2 bridgehead atoms. The molecule has 1 aromatic rings. The summed E-state index contributed by atoms with van der Waals surface area (Å²) in [5.74, 6) is -0.263. The molecule has 1 aliphatic heterocycles. The van der Waals surface area contributed by atoms with E-state index in [1.807, 2.05) is 0 Å². The number of piperidine rings is 1. The Labute approximate surface area is 197 Å². The lowest BCUT2D eigenvalue weighted by Crippen LogP contribution is -2.49. The van der Waals surface area contributed by atoms with Crippen molar-refractivity contribution in [2.24, 2.45) is 29.1 Å². The molecule has 1 saturated heterocycles. The highest BCUT2D eigenvalue weighted by molar-refractivity contribution is 9.10. The lowest BCUT2D eigenvalue weighted by molar-refractivity contribution is -0.137. The maximum absolute atomic E-state index is 14.2. The second-order valence-corrected chi connectivity index (χ2v) is 10.5. The first-order chi connectivity index (χ1) is 14.5. The topological polar surface area (TPSA) is 70.2 Å². The molecule has 4 fully saturated rings. The van der Waals surface area contributed by atoms with Crippen LogP contribution >= 0.6 is 28.3 Å². The number of carbonyl (C=O) groups is 2. The van der Waals surface area contributed by atoms with Gasteiger partial charge in [-0.05, 0) is 81.0 Å². The lowest BCUT2D eigenvalue weighted by Gasteiger charge is -2.32. The molecular weight excluding hydrogens is 485 g/mol. The predicted octanol–water partition coefficient (Wildman–Crippen LogP) is 3.55. The molecule has 0 radical (unpaired) electrons. The summed E-state index contributed by atoms with van der Waals surface area (Å²) in [7, 11) is 0. The van der Waals surface area contributed by atoms with E-state index >= 15 is 0 Å². The molecule has 4 aliphatic rings. The summed E-state index contributed by atoms with van der Waals surface area (Å²) < 4.78 is 14.9. The van der Waals surface area contributed by atoms with E-state index in [4.69, 9.17) is 0 Å². The summed E-state index contributed by atoms with van der Waals surface area (Å²) in [6.45, 7) is 2.00. The largest absolute Gasteiger partial charge is 0.353 e. The molecule has 5 rings (SSSR count). The highest BCUT2D eigenvalue weighted by Gasteiger charge is 2.71. The van der Waals surface area contributed by atoms with E-state index in [2.05, 4.69) is 31.9 Å². The zero-order valence-corrected chi connectivity index (χ0v) is 19.9. The number of nitrogens with one attached hydrogen (secondary N) is 3. The van der Waals surface area contributed by atoms with Crippen molar-refractivity contribution in [3.8, 4) is 0 Å². The molecule has 1 heterocycles. The number of halogens is 3. The molecule has 0 aromatic heterocycles. The minimum atomic E-state index is -0.337. The SMILES string of the molecule is Cl.O=C(NCc1ccc(Br)cc1F)[C@@H]1[C@H](C(=O)NC2CCNCC2)[C@H]2CC[C@@H]1C21CC1. The molecule has 1 aromatic carbocycles. The van der Waals surface area contributed by atoms with E-state index in [1.54, 1.807) is 12.1 Å². The summed E-state index contributed by atoms with van der Waals surface area (Å²) >= 11 is 3.26. The fourth-order valence-electron chi connectivity index (χ4n) is 6.59. The van der Waals surface area contributed by atoms with Gasteiger partial charge in [0.2, 0.25) is 11.8 Å². The van der Waals surface area contributed by atoms with Crippen molar-refractivity contribution in [1.29, 1.82) is 0 Å². The van der Waals surface area contributed by atoms with Crippen molar-refractivity contribution in [2.75, 3.05) is 13.1 Å². The van der Waals surface area contributed by atoms with Gasteiger partial charge in [0, 0.05) is 22.6 Å². The Hall–Kier alpha value is -1.18. The predicted molar refractivity (Wildman–Crippen MR) is 122 cm³/mol. The number of benzene rings is 1. The van der Waals surface area contributed by atoms with Gasteiger partial charge in [0.25, 0.3) is 0 Å². The van der Waals surface area contributed by atoms with E-state index in [0.29, 0.717) is 21.9 Å². The summed E-state index contributed by atoms with van der Waals surface area (Å²) in [6.07, 6.45) is 6.26. The van der Waals surface area contributed by atoms with E-state index in [9.17, 15) is 14.0 Å². The van der Waals surface area contributed by atoms with Crippen molar-refractivity contribution in [3.05, 3.63) is 34.1 Å². The van der Waals surface area contributed by atoms with Crippen LogP contribution in [0.2, 0.25) is 0 Å². The minimum absolute atomic E-state index is 0. The van der Waals surface area contributed by atoms with Gasteiger partial charge in [0.05, 0.1) is 11.8 Å². The number of amides is 2. The van der Waals surface area contributed by atoms with Crippen molar-refractivity contribution in [3.63, 3.8) is 0 Å². The molecule has 5 nitrogen and oxygen atoms in total. The molecule has 8 heteroatoms. The Bertz CT molecular complexity index is 859. The highest BCUT2D eigenvalue weighted by atomic mass is 79.9. The Kier molecular flexibility index (Phi) is 6.67. The average Bonchev–Trinajstić information content (AvgIpc) is 3.40. The summed E-state index contributed by atoms with van der Waals surface area (Å²) in [5, 5.41) is 9.54. The molecule has 4 atom stereocenters. The van der Waals surface area contributed by atoms with Gasteiger partial charge >= 0.3 is 0 Å². The van der Waals surface area contributed by atoms with Crippen LogP contribution in [0.1, 0.15) is 44.1 Å². The van der Waals surface area contributed by atoms with Crippen LogP contribution in [0.3, 0.4) is 0 Å². The van der Waals surface area contributed by atoms with Crippen molar-refractivity contribution >= 4 is 40.2 Å². The van der Waals surface area contributed by atoms with E-state index in [1.165, 1.54) is 6.07 Å². The van der Waals surface area contributed by atoms with Gasteiger partial charge in [-0.25, -0.2) is 4.39 Å². The van der Waals surface area contributed by atoms with Gasteiger partial charge in [0.15, 0.2) is 0 Å². The molecule has 1 spiro atoms. The third-order valence-electron chi connectivity index (χ3n) is 8.11. The van der Waals surface area contributed by atoms with Crippen LogP contribution in [0.25, 0.3) is 0 Å². The Morgan fingerprint density at radius 3 is 2.32 bits per heavy atom. The second-order valence-electron chi connectivity index (χ2n) is 9.56. The maximum atomic E-state index is 14.2. The van der Waals surface area contributed by atoms with Gasteiger partial charge in [-0.3, -0.25) is 9.59 Å². The fourth-order valence-corrected chi connectivity index (χ4v) is 6.92. The van der Waals surface area contributed by atoms with Crippen LogP contribution in [0.15, 0.2) is 22.7 Å². The van der Waals surface area contributed by atoms with Crippen LogP contribution in [-0.4, -0.2) is 30.9 Å². The van der Waals surface area contributed by atoms with Crippen molar-refractivity contribution < 1.29 is 14.0 Å². The summed E-state index contributed by atoms with van der Waals surface area (Å²) in [4.78, 5) is 26.6. The monoisotopic (exact) mass is 513 g/mol. The van der Waals surface area contributed by atoms with Gasteiger partial charge in [-0.2, -0.15) is 0 Å². The van der Waals surface area contributed by atoms with Gasteiger partial charge in [0.1, 0.15) is 5.82 Å². The Morgan fingerprint density at radius 1 is 1.06 bits per heavy atom. The van der Waals surface area contributed by atoms with Crippen LogP contribution in [0.4, 0.5) is 4.39 Å². The number of rotatable bonds is 5. The normalized spacial score (nSPS) is 30.6. The second kappa shape index (κ2) is 8.99. The number of hydrogen-bond donors (Lipinski definition) is 3. The van der Waals surface area contributed by atoms with Crippen LogP contribution in [-0.2, 0) is 16.1 Å². The number of hydrogen-bond acceptors (Lipinski definition) is 3. The van der Waals surface area contributed by atoms with Gasteiger partial charge < -0.3 is 16.0 Å². The maximum Gasteiger partial charge on any atom is 0.224 e. The smallest absolute Gasteiger partial charge is 0.224 e. The zero-order valence-electron chi connectivity index (χ0n) is 17.5. The molecular formula is C23H30BrClFN3O2. The molecule has 0 unspecified atom stereocenters. The Balaban J connectivity index is 0.00000231.